The molecule has 2 aromatic carbocycles. The Kier molecular flexibility index (Phi) is 6.90. The van der Waals surface area contributed by atoms with Crippen molar-refractivity contribution in [1.82, 2.24) is 15.5 Å². The van der Waals surface area contributed by atoms with Crippen molar-refractivity contribution in [1.29, 1.82) is 0 Å². The van der Waals surface area contributed by atoms with E-state index in [0.29, 0.717) is 18.7 Å². The molecule has 0 unspecified atom stereocenters. The highest BCUT2D eigenvalue weighted by atomic mass is 16.5. The van der Waals surface area contributed by atoms with Crippen molar-refractivity contribution in [2.45, 2.75) is 25.4 Å². The van der Waals surface area contributed by atoms with E-state index in [4.69, 9.17) is 9.47 Å². The summed E-state index contributed by atoms with van der Waals surface area (Å²) in [6, 6.07) is 13.4. The molecule has 2 aromatic rings. The molecule has 3 rings (SSSR count). The summed E-state index contributed by atoms with van der Waals surface area (Å²) in [4.78, 5) is 38.1. The molecule has 8 nitrogen and oxygen atoms in total. The molecule has 4 amide bonds. The van der Waals surface area contributed by atoms with Crippen LogP contribution >= 0.6 is 0 Å². The van der Waals surface area contributed by atoms with Crippen molar-refractivity contribution in [2.75, 3.05) is 20.8 Å². The van der Waals surface area contributed by atoms with Crippen LogP contribution in [0.1, 0.15) is 17.5 Å². The second-order valence-electron chi connectivity index (χ2n) is 6.93. The minimum Gasteiger partial charge on any atom is -0.497 e. The van der Waals surface area contributed by atoms with E-state index in [9.17, 15) is 14.4 Å². The summed E-state index contributed by atoms with van der Waals surface area (Å²) >= 11 is 0. The summed E-state index contributed by atoms with van der Waals surface area (Å²) in [5, 5.41) is 5.38. The van der Waals surface area contributed by atoms with E-state index in [-0.39, 0.29) is 18.9 Å². The molecule has 1 heterocycles. The predicted octanol–water partition coefficient (Wildman–Crippen LogP) is 1.87. The normalized spacial score (nSPS) is 15.7. The molecular formula is C22H25N3O5. The van der Waals surface area contributed by atoms with Gasteiger partial charge in [-0.25, -0.2) is 4.79 Å². The number of benzene rings is 2. The first-order valence-electron chi connectivity index (χ1n) is 9.64. The van der Waals surface area contributed by atoms with Gasteiger partial charge >= 0.3 is 6.03 Å². The third kappa shape index (κ3) is 5.28. The standard InChI is InChI=1S/C22H25N3O5/c1-29-17-7-3-15(4-8-17)11-12-23-20(26)13-19-21(27)25(22(28)24-19)14-16-5-9-18(30-2)10-6-16/h3-10,19H,11-14H2,1-2H3,(H,23,26)(H,24,28)/t19-/m0/s1. The van der Waals surface area contributed by atoms with Gasteiger partial charge in [0.2, 0.25) is 5.91 Å². The third-order valence-corrected chi connectivity index (χ3v) is 4.89. The first kappa shape index (κ1) is 21.2. The van der Waals surface area contributed by atoms with Crippen molar-refractivity contribution >= 4 is 17.8 Å². The molecule has 0 bridgehead atoms. The van der Waals surface area contributed by atoms with Crippen LogP contribution in [-0.4, -0.2) is 49.6 Å². The molecule has 0 aliphatic carbocycles. The fraction of sp³-hybridized carbons (Fsp3) is 0.318. The number of nitrogens with zero attached hydrogens (tertiary/aromatic N) is 1. The zero-order valence-corrected chi connectivity index (χ0v) is 17.0. The molecule has 0 radical (unpaired) electrons. The molecule has 1 aliphatic rings. The van der Waals surface area contributed by atoms with Crippen LogP contribution in [0.5, 0.6) is 11.5 Å². The molecule has 158 valence electrons. The Morgan fingerprint density at radius 2 is 1.53 bits per heavy atom. The molecule has 0 aromatic heterocycles. The number of rotatable bonds is 9. The van der Waals surface area contributed by atoms with Gasteiger partial charge in [0.05, 0.1) is 27.2 Å². The van der Waals surface area contributed by atoms with E-state index in [1.165, 1.54) is 0 Å². The lowest BCUT2D eigenvalue weighted by Gasteiger charge is -2.13. The summed E-state index contributed by atoms with van der Waals surface area (Å²) in [6.07, 6.45) is 0.566. The molecule has 0 spiro atoms. The maximum Gasteiger partial charge on any atom is 0.325 e. The van der Waals surface area contributed by atoms with Gasteiger partial charge in [0.25, 0.3) is 5.91 Å². The largest absolute Gasteiger partial charge is 0.497 e. The average molecular weight is 411 g/mol. The van der Waals surface area contributed by atoms with E-state index in [1.54, 1.807) is 38.5 Å². The fourth-order valence-electron chi connectivity index (χ4n) is 3.17. The lowest BCUT2D eigenvalue weighted by Crippen LogP contribution is -2.37. The molecule has 1 fully saturated rings. The SMILES string of the molecule is COc1ccc(CCNC(=O)C[C@@H]2NC(=O)N(Cc3ccc(OC)cc3)C2=O)cc1. The predicted molar refractivity (Wildman–Crippen MR) is 110 cm³/mol. The highest BCUT2D eigenvalue weighted by molar-refractivity contribution is 6.05. The molecule has 2 N–H and O–H groups in total. The first-order chi connectivity index (χ1) is 14.5. The highest BCUT2D eigenvalue weighted by Gasteiger charge is 2.38. The lowest BCUT2D eigenvalue weighted by molar-refractivity contribution is -0.131. The number of carbonyl (C=O) groups excluding carboxylic acids is 3. The van der Waals surface area contributed by atoms with Gasteiger partial charge in [-0.2, -0.15) is 0 Å². The zero-order chi connectivity index (χ0) is 21.5. The summed E-state index contributed by atoms with van der Waals surface area (Å²) in [5.74, 6) is 0.784. The van der Waals surface area contributed by atoms with Crippen LogP contribution in [0.4, 0.5) is 4.79 Å². The second-order valence-corrected chi connectivity index (χ2v) is 6.93. The smallest absolute Gasteiger partial charge is 0.325 e. The lowest BCUT2D eigenvalue weighted by atomic mass is 10.1. The quantitative estimate of drug-likeness (QED) is 0.614. The minimum absolute atomic E-state index is 0.0910. The summed E-state index contributed by atoms with van der Waals surface area (Å²) in [7, 11) is 3.18. The van der Waals surface area contributed by atoms with E-state index >= 15 is 0 Å². The van der Waals surface area contributed by atoms with Crippen LogP contribution in [-0.2, 0) is 22.6 Å². The highest BCUT2D eigenvalue weighted by Crippen LogP contribution is 2.17. The molecule has 8 heteroatoms. The number of methoxy groups -OCH3 is 2. The van der Waals surface area contributed by atoms with Gasteiger partial charge in [0.15, 0.2) is 0 Å². The number of nitrogens with one attached hydrogen (secondary N) is 2. The Morgan fingerprint density at radius 1 is 0.967 bits per heavy atom. The molecule has 30 heavy (non-hydrogen) atoms. The summed E-state index contributed by atoms with van der Waals surface area (Å²) < 4.78 is 10.2. The topological polar surface area (TPSA) is 97.0 Å². The number of ether oxygens (including phenoxy) is 2. The van der Waals surface area contributed by atoms with Gasteiger partial charge in [0, 0.05) is 6.54 Å². The maximum absolute atomic E-state index is 12.6. The number of imide groups is 1. The number of urea groups is 1. The van der Waals surface area contributed by atoms with Gasteiger partial charge in [0.1, 0.15) is 17.5 Å². The van der Waals surface area contributed by atoms with Crippen molar-refractivity contribution in [3.05, 3.63) is 59.7 Å². The Bertz CT molecular complexity index is 896. The summed E-state index contributed by atoms with van der Waals surface area (Å²) in [6.45, 7) is 0.583. The Balaban J connectivity index is 1.46. The van der Waals surface area contributed by atoms with Gasteiger partial charge < -0.3 is 20.1 Å². The Labute approximate surface area is 175 Å². The molecule has 1 atom stereocenters. The molecule has 1 aliphatic heterocycles. The zero-order valence-electron chi connectivity index (χ0n) is 17.0. The monoisotopic (exact) mass is 411 g/mol. The summed E-state index contributed by atoms with van der Waals surface area (Å²) in [5.41, 5.74) is 1.86. The Morgan fingerprint density at radius 3 is 2.10 bits per heavy atom. The third-order valence-electron chi connectivity index (χ3n) is 4.89. The van der Waals surface area contributed by atoms with Gasteiger partial charge in [-0.1, -0.05) is 24.3 Å². The van der Waals surface area contributed by atoms with E-state index in [2.05, 4.69) is 10.6 Å². The number of hydrogen-bond acceptors (Lipinski definition) is 5. The van der Waals surface area contributed by atoms with Crippen LogP contribution in [0.25, 0.3) is 0 Å². The Hall–Kier alpha value is -3.55. The van der Waals surface area contributed by atoms with E-state index < -0.39 is 18.0 Å². The molecule has 1 saturated heterocycles. The van der Waals surface area contributed by atoms with Crippen LogP contribution in [0, 0.1) is 0 Å². The van der Waals surface area contributed by atoms with Crippen molar-refractivity contribution < 1.29 is 23.9 Å². The molecular weight excluding hydrogens is 386 g/mol. The van der Waals surface area contributed by atoms with E-state index in [1.807, 2.05) is 24.3 Å². The van der Waals surface area contributed by atoms with Crippen LogP contribution in [0.3, 0.4) is 0 Å². The number of hydrogen-bond donors (Lipinski definition) is 2. The van der Waals surface area contributed by atoms with Gasteiger partial charge in [-0.15, -0.1) is 0 Å². The van der Waals surface area contributed by atoms with Crippen LogP contribution < -0.4 is 20.1 Å². The van der Waals surface area contributed by atoms with Crippen LogP contribution in [0.2, 0.25) is 0 Å². The number of amides is 4. The maximum atomic E-state index is 12.6. The second kappa shape index (κ2) is 9.78. The fourth-order valence-corrected chi connectivity index (χ4v) is 3.17. The van der Waals surface area contributed by atoms with Gasteiger partial charge in [-0.3, -0.25) is 14.5 Å². The molecule has 0 saturated carbocycles. The van der Waals surface area contributed by atoms with Crippen molar-refractivity contribution in [2.24, 2.45) is 0 Å². The minimum atomic E-state index is -0.850. The van der Waals surface area contributed by atoms with Gasteiger partial charge in [-0.05, 0) is 41.8 Å². The first-order valence-corrected chi connectivity index (χ1v) is 9.64. The van der Waals surface area contributed by atoms with Crippen molar-refractivity contribution in [3.8, 4) is 11.5 Å². The van der Waals surface area contributed by atoms with E-state index in [0.717, 1.165) is 21.8 Å². The number of carbonyl (C=O) groups is 3. The van der Waals surface area contributed by atoms with Crippen LogP contribution in [0.15, 0.2) is 48.5 Å². The average Bonchev–Trinajstić information content (AvgIpc) is 3.02. The van der Waals surface area contributed by atoms with Crippen molar-refractivity contribution in [3.63, 3.8) is 0 Å².